The summed E-state index contributed by atoms with van der Waals surface area (Å²) >= 11 is 0. The molecule has 3 rings (SSSR count). The van der Waals surface area contributed by atoms with Gasteiger partial charge in [0.25, 0.3) is 0 Å². The second-order valence-electron chi connectivity index (χ2n) is 7.30. The van der Waals surface area contributed by atoms with Crippen LogP contribution in [-0.2, 0) is 9.53 Å². The molecule has 1 heterocycles. The molecular weight excluding hydrogens is 236 g/mol. The molecule has 0 aromatic carbocycles. The lowest BCUT2D eigenvalue weighted by Crippen LogP contribution is -2.44. The predicted octanol–water partition coefficient (Wildman–Crippen LogP) is 4.12. The maximum atomic E-state index is 12.7. The summed E-state index contributed by atoms with van der Waals surface area (Å²) in [6.45, 7) is 3.11. The Hall–Kier alpha value is -0.370. The fraction of sp³-hybridized carbons (Fsp3) is 0.941. The van der Waals surface area contributed by atoms with E-state index in [1.54, 1.807) is 0 Å². The molecule has 3 aliphatic rings. The largest absolute Gasteiger partial charge is 0.375 e. The molecule has 0 aromatic rings. The Balaban J connectivity index is 1.62. The van der Waals surface area contributed by atoms with E-state index >= 15 is 0 Å². The van der Waals surface area contributed by atoms with Gasteiger partial charge in [0.05, 0.1) is 5.60 Å². The van der Waals surface area contributed by atoms with Crippen molar-refractivity contribution in [2.24, 2.45) is 17.8 Å². The van der Waals surface area contributed by atoms with E-state index in [-0.39, 0.29) is 5.60 Å². The molecule has 0 amide bonds. The number of ether oxygens (including phenoxy) is 1. The molecule has 1 aliphatic heterocycles. The Labute approximate surface area is 117 Å². The van der Waals surface area contributed by atoms with Crippen LogP contribution >= 0.6 is 0 Å². The van der Waals surface area contributed by atoms with Gasteiger partial charge in [0.15, 0.2) is 0 Å². The van der Waals surface area contributed by atoms with Gasteiger partial charge in [0, 0.05) is 18.4 Å². The van der Waals surface area contributed by atoms with Crippen molar-refractivity contribution in [1.82, 2.24) is 0 Å². The van der Waals surface area contributed by atoms with Crippen molar-refractivity contribution in [1.29, 1.82) is 0 Å². The van der Waals surface area contributed by atoms with Crippen molar-refractivity contribution in [3.8, 4) is 0 Å². The second-order valence-corrected chi connectivity index (χ2v) is 7.30. The molecule has 0 aromatic heterocycles. The second kappa shape index (κ2) is 5.55. The molecule has 1 spiro atoms. The van der Waals surface area contributed by atoms with Crippen molar-refractivity contribution < 1.29 is 9.53 Å². The van der Waals surface area contributed by atoms with Gasteiger partial charge in [-0.1, -0.05) is 26.2 Å². The molecule has 1 saturated heterocycles. The number of hydrogen-bond acceptors (Lipinski definition) is 2. The molecule has 3 unspecified atom stereocenters. The smallest absolute Gasteiger partial charge is 0.139 e. The van der Waals surface area contributed by atoms with E-state index in [4.69, 9.17) is 4.74 Å². The first kappa shape index (κ1) is 13.6. The van der Waals surface area contributed by atoms with Crippen LogP contribution in [0.25, 0.3) is 0 Å². The molecule has 3 atom stereocenters. The molecule has 108 valence electrons. The van der Waals surface area contributed by atoms with Gasteiger partial charge in [-0.05, 0) is 50.9 Å². The quantitative estimate of drug-likeness (QED) is 0.750. The van der Waals surface area contributed by atoms with Crippen molar-refractivity contribution in [3.63, 3.8) is 0 Å². The van der Waals surface area contributed by atoms with Crippen LogP contribution in [-0.4, -0.2) is 18.0 Å². The van der Waals surface area contributed by atoms with Gasteiger partial charge in [-0.2, -0.15) is 0 Å². The summed E-state index contributed by atoms with van der Waals surface area (Å²) in [7, 11) is 0. The summed E-state index contributed by atoms with van der Waals surface area (Å²) in [6.07, 6.45) is 11.9. The first-order valence-corrected chi connectivity index (χ1v) is 8.36. The normalized spacial score (nSPS) is 38.5. The van der Waals surface area contributed by atoms with Gasteiger partial charge in [-0.15, -0.1) is 0 Å². The monoisotopic (exact) mass is 264 g/mol. The average molecular weight is 264 g/mol. The van der Waals surface area contributed by atoms with Crippen LogP contribution < -0.4 is 0 Å². The molecule has 2 nitrogen and oxygen atoms in total. The Morgan fingerprint density at radius 3 is 2.53 bits per heavy atom. The van der Waals surface area contributed by atoms with Crippen molar-refractivity contribution in [3.05, 3.63) is 0 Å². The van der Waals surface area contributed by atoms with Crippen molar-refractivity contribution in [2.45, 2.75) is 76.7 Å². The van der Waals surface area contributed by atoms with Crippen LogP contribution in [0.2, 0.25) is 0 Å². The molecule has 0 bridgehead atoms. The summed E-state index contributed by atoms with van der Waals surface area (Å²) in [4.78, 5) is 12.7. The zero-order chi connectivity index (χ0) is 13.3. The molecule has 2 saturated carbocycles. The fourth-order valence-corrected chi connectivity index (χ4v) is 4.61. The van der Waals surface area contributed by atoms with E-state index in [0.29, 0.717) is 17.6 Å². The topological polar surface area (TPSA) is 26.3 Å². The lowest BCUT2D eigenvalue weighted by Gasteiger charge is -2.43. The van der Waals surface area contributed by atoms with E-state index in [2.05, 4.69) is 6.92 Å². The van der Waals surface area contributed by atoms with E-state index in [9.17, 15) is 4.79 Å². The zero-order valence-corrected chi connectivity index (χ0v) is 12.3. The third-order valence-corrected chi connectivity index (χ3v) is 5.76. The highest BCUT2D eigenvalue weighted by atomic mass is 16.5. The molecule has 19 heavy (non-hydrogen) atoms. The highest BCUT2D eigenvalue weighted by Gasteiger charge is 2.42. The Bertz CT molecular complexity index is 325. The molecule has 2 heteroatoms. The highest BCUT2D eigenvalue weighted by molar-refractivity contribution is 5.83. The highest BCUT2D eigenvalue weighted by Crippen LogP contribution is 2.43. The van der Waals surface area contributed by atoms with E-state index in [1.165, 1.54) is 38.5 Å². The lowest BCUT2D eigenvalue weighted by atomic mass is 9.73. The van der Waals surface area contributed by atoms with Crippen LogP contribution in [0.3, 0.4) is 0 Å². The molecule has 3 fully saturated rings. The molecule has 0 N–H and O–H groups in total. The predicted molar refractivity (Wildman–Crippen MR) is 76.0 cm³/mol. The van der Waals surface area contributed by atoms with E-state index in [1.807, 2.05) is 0 Å². The summed E-state index contributed by atoms with van der Waals surface area (Å²) < 4.78 is 6.12. The molecule has 2 aliphatic carbocycles. The van der Waals surface area contributed by atoms with Gasteiger partial charge in [-0.3, -0.25) is 4.79 Å². The SMILES string of the molecule is CC1CCC(C(=O)C2CCOC3(CCCCC3)C2)C1. The maximum absolute atomic E-state index is 12.7. The Morgan fingerprint density at radius 2 is 1.84 bits per heavy atom. The number of carbonyl (C=O) groups is 1. The van der Waals surface area contributed by atoms with Crippen LogP contribution in [0.4, 0.5) is 0 Å². The van der Waals surface area contributed by atoms with Gasteiger partial charge in [0.1, 0.15) is 5.78 Å². The standard InChI is InChI=1S/C17H28O2/c1-13-5-6-14(11-13)16(18)15-7-10-19-17(12-15)8-3-2-4-9-17/h13-15H,2-12H2,1H3. The fourth-order valence-electron chi connectivity index (χ4n) is 4.61. The minimum atomic E-state index is 0.0844. The first-order chi connectivity index (χ1) is 9.19. The third kappa shape index (κ3) is 2.89. The van der Waals surface area contributed by atoms with Gasteiger partial charge >= 0.3 is 0 Å². The summed E-state index contributed by atoms with van der Waals surface area (Å²) in [5, 5.41) is 0. The Kier molecular flexibility index (Phi) is 3.98. The van der Waals surface area contributed by atoms with Gasteiger partial charge in [0.2, 0.25) is 0 Å². The minimum Gasteiger partial charge on any atom is -0.375 e. The summed E-state index contributed by atoms with van der Waals surface area (Å²) in [5.41, 5.74) is 0.0844. The first-order valence-electron chi connectivity index (χ1n) is 8.36. The maximum Gasteiger partial charge on any atom is 0.139 e. The van der Waals surface area contributed by atoms with Crippen LogP contribution in [0.1, 0.15) is 71.1 Å². The number of Topliss-reactive ketones (excluding diaryl/α,β-unsaturated/α-hetero) is 1. The summed E-state index contributed by atoms with van der Waals surface area (Å²) in [5.74, 6) is 2.02. The van der Waals surface area contributed by atoms with Crippen molar-refractivity contribution >= 4 is 5.78 Å². The van der Waals surface area contributed by atoms with Gasteiger partial charge < -0.3 is 4.74 Å². The van der Waals surface area contributed by atoms with Crippen LogP contribution in [0.5, 0.6) is 0 Å². The van der Waals surface area contributed by atoms with E-state index in [0.717, 1.165) is 38.2 Å². The van der Waals surface area contributed by atoms with Crippen LogP contribution in [0, 0.1) is 17.8 Å². The average Bonchev–Trinajstić information content (AvgIpc) is 2.85. The summed E-state index contributed by atoms with van der Waals surface area (Å²) in [6, 6.07) is 0. The Morgan fingerprint density at radius 1 is 1.05 bits per heavy atom. The molecular formula is C17H28O2. The van der Waals surface area contributed by atoms with Crippen LogP contribution in [0.15, 0.2) is 0 Å². The lowest BCUT2D eigenvalue weighted by molar-refractivity contribution is -0.146. The number of hydrogen-bond donors (Lipinski definition) is 0. The van der Waals surface area contributed by atoms with E-state index < -0.39 is 0 Å². The number of ketones is 1. The number of rotatable bonds is 2. The van der Waals surface area contributed by atoms with Gasteiger partial charge in [-0.25, -0.2) is 0 Å². The zero-order valence-electron chi connectivity index (χ0n) is 12.3. The minimum absolute atomic E-state index is 0.0844. The van der Waals surface area contributed by atoms with Crippen molar-refractivity contribution in [2.75, 3.05) is 6.61 Å². The third-order valence-electron chi connectivity index (χ3n) is 5.76. The molecule has 0 radical (unpaired) electrons. The number of carbonyl (C=O) groups excluding carboxylic acids is 1.